The van der Waals surface area contributed by atoms with Gasteiger partial charge < -0.3 is 20.5 Å². The molecule has 0 aromatic heterocycles. The number of nitrogens with two attached hydrogens (primary N) is 1. The van der Waals surface area contributed by atoms with Crippen LogP contribution in [0.25, 0.3) is 0 Å². The number of rotatable bonds is 6. The summed E-state index contributed by atoms with van der Waals surface area (Å²) in [6.07, 6.45) is 1.51. The van der Waals surface area contributed by atoms with E-state index in [0.29, 0.717) is 39.1 Å². The predicted molar refractivity (Wildman–Crippen MR) is 83.2 cm³/mol. The Morgan fingerprint density at radius 1 is 1.30 bits per heavy atom. The first-order valence-electron chi connectivity index (χ1n) is 7.96. The normalized spacial score (nSPS) is 25.6. The van der Waals surface area contributed by atoms with Crippen LogP contribution in [-0.4, -0.2) is 37.2 Å². The third-order valence-corrected chi connectivity index (χ3v) is 4.58. The van der Waals surface area contributed by atoms with Crippen LogP contribution in [0.1, 0.15) is 24.8 Å². The Hall–Kier alpha value is -1.92. The van der Waals surface area contributed by atoms with E-state index < -0.39 is 11.3 Å². The van der Waals surface area contributed by atoms with Crippen LogP contribution in [0.5, 0.6) is 0 Å². The van der Waals surface area contributed by atoms with E-state index in [4.69, 9.17) is 15.2 Å². The summed E-state index contributed by atoms with van der Waals surface area (Å²) in [5.41, 5.74) is 5.42. The van der Waals surface area contributed by atoms with E-state index in [1.54, 1.807) is 0 Å². The van der Waals surface area contributed by atoms with Crippen molar-refractivity contribution in [3.63, 3.8) is 0 Å². The first-order valence-corrected chi connectivity index (χ1v) is 7.96. The molecule has 3 N–H and O–H groups in total. The van der Waals surface area contributed by atoms with Gasteiger partial charge in [-0.1, -0.05) is 30.3 Å². The van der Waals surface area contributed by atoms with Crippen LogP contribution in [0.2, 0.25) is 0 Å². The minimum atomic E-state index is -0.998. The second-order valence-corrected chi connectivity index (χ2v) is 6.22. The molecule has 1 saturated carbocycles. The van der Waals surface area contributed by atoms with Crippen LogP contribution < -0.4 is 11.1 Å². The Morgan fingerprint density at radius 3 is 2.70 bits per heavy atom. The Labute approximate surface area is 135 Å². The fourth-order valence-electron chi connectivity index (χ4n) is 2.84. The van der Waals surface area contributed by atoms with Gasteiger partial charge in [-0.2, -0.15) is 0 Å². The molecule has 1 saturated heterocycles. The first kappa shape index (κ1) is 16.0. The lowest BCUT2D eigenvalue weighted by Gasteiger charge is -2.33. The molecular weight excluding hydrogens is 296 g/mol. The number of carbonyl (C=O) groups excluding carboxylic acids is 2. The van der Waals surface area contributed by atoms with Crippen molar-refractivity contribution in [1.29, 1.82) is 0 Å². The summed E-state index contributed by atoms with van der Waals surface area (Å²) < 4.78 is 11.4. The van der Waals surface area contributed by atoms with Crippen molar-refractivity contribution in [2.75, 3.05) is 13.2 Å². The number of hydrogen-bond donors (Lipinski definition) is 2. The molecule has 1 aromatic carbocycles. The monoisotopic (exact) mass is 318 g/mol. The lowest BCUT2D eigenvalue weighted by Crippen LogP contribution is -2.53. The maximum Gasteiger partial charge on any atom is 0.235 e. The molecule has 6 nitrogen and oxygen atoms in total. The maximum absolute atomic E-state index is 12.3. The molecule has 3 rings (SSSR count). The van der Waals surface area contributed by atoms with Crippen LogP contribution in [0.4, 0.5) is 0 Å². The lowest BCUT2D eigenvalue weighted by molar-refractivity contribution is -0.138. The zero-order valence-electron chi connectivity index (χ0n) is 13.0. The molecular formula is C17H22N2O4. The van der Waals surface area contributed by atoms with Crippen LogP contribution in [0.3, 0.4) is 0 Å². The van der Waals surface area contributed by atoms with E-state index in [-0.39, 0.29) is 18.1 Å². The molecule has 1 aromatic rings. The molecule has 0 bridgehead atoms. The number of hydrogen-bond acceptors (Lipinski definition) is 4. The molecule has 2 amide bonds. The highest BCUT2D eigenvalue weighted by Gasteiger charge is 2.56. The summed E-state index contributed by atoms with van der Waals surface area (Å²) in [7, 11) is 0. The third-order valence-electron chi connectivity index (χ3n) is 4.58. The minimum absolute atomic E-state index is 0.156. The van der Waals surface area contributed by atoms with E-state index in [2.05, 4.69) is 5.32 Å². The average Bonchev–Trinajstić information content (AvgIpc) is 3.37. The van der Waals surface area contributed by atoms with Gasteiger partial charge in [0, 0.05) is 6.61 Å². The minimum Gasteiger partial charge on any atom is -0.379 e. The predicted octanol–water partition coefficient (Wildman–Crippen LogP) is 0.742. The van der Waals surface area contributed by atoms with Crippen molar-refractivity contribution >= 4 is 11.8 Å². The van der Waals surface area contributed by atoms with Crippen molar-refractivity contribution in [3.05, 3.63) is 35.9 Å². The van der Waals surface area contributed by atoms with Gasteiger partial charge in [0.15, 0.2) is 0 Å². The number of primary amides is 1. The van der Waals surface area contributed by atoms with Gasteiger partial charge in [0.1, 0.15) is 11.5 Å². The second kappa shape index (κ2) is 6.68. The Kier molecular flexibility index (Phi) is 4.63. The fourth-order valence-corrected chi connectivity index (χ4v) is 2.84. The van der Waals surface area contributed by atoms with Gasteiger partial charge in [-0.25, -0.2) is 0 Å². The second-order valence-electron chi connectivity index (χ2n) is 6.22. The van der Waals surface area contributed by atoms with Crippen molar-refractivity contribution in [3.8, 4) is 0 Å². The maximum atomic E-state index is 12.3. The Morgan fingerprint density at radius 2 is 2.04 bits per heavy atom. The summed E-state index contributed by atoms with van der Waals surface area (Å²) in [4.78, 5) is 23.8. The number of amides is 2. The fraction of sp³-hybridized carbons (Fsp3) is 0.529. The molecule has 2 aliphatic rings. The van der Waals surface area contributed by atoms with E-state index >= 15 is 0 Å². The molecule has 0 spiro atoms. The van der Waals surface area contributed by atoms with Gasteiger partial charge in [-0.05, 0) is 24.8 Å². The molecule has 23 heavy (non-hydrogen) atoms. The average molecular weight is 318 g/mol. The molecule has 1 heterocycles. The van der Waals surface area contributed by atoms with Crippen molar-refractivity contribution in [2.45, 2.75) is 38.0 Å². The number of benzene rings is 1. The highest BCUT2D eigenvalue weighted by molar-refractivity contribution is 6.07. The molecule has 6 heteroatoms. The lowest BCUT2D eigenvalue weighted by atomic mass is 10.0. The van der Waals surface area contributed by atoms with E-state index in [9.17, 15) is 9.59 Å². The molecule has 0 unspecified atom stereocenters. The van der Waals surface area contributed by atoms with Gasteiger partial charge in [-0.15, -0.1) is 0 Å². The van der Waals surface area contributed by atoms with Crippen molar-refractivity contribution in [1.82, 2.24) is 5.32 Å². The summed E-state index contributed by atoms with van der Waals surface area (Å²) >= 11 is 0. The van der Waals surface area contributed by atoms with Crippen molar-refractivity contribution < 1.29 is 19.1 Å². The topological polar surface area (TPSA) is 90.7 Å². The van der Waals surface area contributed by atoms with E-state index in [1.165, 1.54) is 0 Å². The molecule has 2 fully saturated rings. The smallest absolute Gasteiger partial charge is 0.235 e. The summed E-state index contributed by atoms with van der Waals surface area (Å²) in [6.45, 7) is 1.46. The van der Waals surface area contributed by atoms with Gasteiger partial charge in [-0.3, -0.25) is 9.59 Å². The number of nitrogens with one attached hydrogen (secondary N) is 1. The highest BCUT2D eigenvalue weighted by Crippen LogP contribution is 2.45. The van der Waals surface area contributed by atoms with Crippen LogP contribution >= 0.6 is 0 Å². The zero-order valence-corrected chi connectivity index (χ0v) is 13.0. The SMILES string of the molecule is NC(=O)C1(C(=O)N[C@@H]2CCOC[C@H]2OCc2ccccc2)CC1. The van der Waals surface area contributed by atoms with Gasteiger partial charge in [0.2, 0.25) is 11.8 Å². The van der Waals surface area contributed by atoms with Gasteiger partial charge in [0.05, 0.1) is 19.3 Å². The van der Waals surface area contributed by atoms with E-state index in [1.807, 2.05) is 30.3 Å². The largest absolute Gasteiger partial charge is 0.379 e. The van der Waals surface area contributed by atoms with Gasteiger partial charge >= 0.3 is 0 Å². The Bertz CT molecular complexity index is 571. The zero-order chi connectivity index (χ0) is 16.3. The highest BCUT2D eigenvalue weighted by atomic mass is 16.5. The summed E-state index contributed by atoms with van der Waals surface area (Å²) in [6, 6.07) is 9.69. The third kappa shape index (κ3) is 3.54. The van der Waals surface area contributed by atoms with E-state index in [0.717, 1.165) is 5.56 Å². The summed E-state index contributed by atoms with van der Waals surface area (Å²) in [5, 5.41) is 2.94. The van der Waals surface area contributed by atoms with Gasteiger partial charge in [0.25, 0.3) is 0 Å². The Balaban J connectivity index is 1.58. The van der Waals surface area contributed by atoms with Crippen LogP contribution in [0, 0.1) is 5.41 Å². The molecule has 1 aliphatic carbocycles. The molecule has 1 aliphatic heterocycles. The van der Waals surface area contributed by atoms with Crippen molar-refractivity contribution in [2.24, 2.45) is 11.1 Å². The molecule has 2 atom stereocenters. The molecule has 0 radical (unpaired) electrons. The number of ether oxygens (including phenoxy) is 2. The number of carbonyl (C=O) groups is 2. The standard InChI is InChI=1S/C17H22N2O4/c18-15(20)17(7-8-17)16(21)19-13-6-9-22-11-14(13)23-10-12-4-2-1-3-5-12/h1-5,13-14H,6-11H2,(H2,18,20)(H,19,21)/t13-,14-/m1/s1. The quantitative estimate of drug-likeness (QED) is 0.757. The molecule has 124 valence electrons. The van der Waals surface area contributed by atoms with Crippen LogP contribution in [-0.2, 0) is 25.7 Å². The summed E-state index contributed by atoms with van der Waals surface area (Å²) in [5.74, 6) is -0.811. The van der Waals surface area contributed by atoms with Crippen LogP contribution in [0.15, 0.2) is 30.3 Å². The first-order chi connectivity index (χ1) is 11.1.